The molecular weight excluding hydrogens is 247 g/mol. The summed E-state index contributed by atoms with van der Waals surface area (Å²) in [6, 6.07) is 4.28. The van der Waals surface area contributed by atoms with Gasteiger partial charge < -0.3 is 10.4 Å². The first kappa shape index (κ1) is 12.9. The first-order valence-corrected chi connectivity index (χ1v) is 5.51. The van der Waals surface area contributed by atoms with Crippen molar-refractivity contribution in [3.8, 4) is 0 Å². The average Bonchev–Trinajstić information content (AvgIpc) is 2.77. The van der Waals surface area contributed by atoms with Gasteiger partial charge in [0.05, 0.1) is 5.56 Å². The van der Waals surface area contributed by atoms with E-state index in [-0.39, 0.29) is 5.92 Å². The zero-order valence-electron chi connectivity index (χ0n) is 9.37. The molecule has 0 aliphatic carbocycles. The van der Waals surface area contributed by atoms with Gasteiger partial charge in [-0.3, -0.25) is 4.79 Å². The lowest BCUT2D eigenvalue weighted by atomic mass is 9.95. The number of hydrogen-bond acceptors (Lipinski definition) is 2. The van der Waals surface area contributed by atoms with E-state index in [0.717, 1.165) is 17.7 Å². The topological polar surface area (TPSA) is 49.3 Å². The summed E-state index contributed by atoms with van der Waals surface area (Å²) in [7, 11) is 0. The number of carbonyl (C=O) groups is 1. The molecule has 1 aromatic rings. The minimum atomic E-state index is -4.34. The molecule has 6 heteroatoms. The minimum absolute atomic E-state index is 0.0478. The summed E-state index contributed by atoms with van der Waals surface area (Å²) in [6.45, 7) is 0.475. The van der Waals surface area contributed by atoms with Gasteiger partial charge in [0, 0.05) is 6.54 Å². The Bertz CT molecular complexity index is 442. The Morgan fingerprint density at radius 3 is 2.33 bits per heavy atom. The molecule has 1 saturated heterocycles. The molecule has 1 aliphatic heterocycles. The molecule has 98 valence electrons. The smallest absolute Gasteiger partial charge is 0.416 e. The lowest BCUT2D eigenvalue weighted by Crippen LogP contribution is -2.29. The summed E-state index contributed by atoms with van der Waals surface area (Å²) in [5.41, 5.74) is 0.0474. The monoisotopic (exact) mass is 259 g/mol. The van der Waals surface area contributed by atoms with Crippen molar-refractivity contribution in [3.63, 3.8) is 0 Å². The fraction of sp³-hybridized carbons (Fsp3) is 0.417. The predicted octanol–water partition coefficient (Wildman–Crippen LogP) is 2.24. The van der Waals surface area contributed by atoms with Gasteiger partial charge in [0.2, 0.25) is 0 Å². The Morgan fingerprint density at radius 2 is 1.89 bits per heavy atom. The average molecular weight is 259 g/mol. The zero-order valence-corrected chi connectivity index (χ0v) is 9.37. The van der Waals surface area contributed by atoms with Crippen LogP contribution in [0.1, 0.15) is 23.5 Å². The molecule has 0 radical (unpaired) electrons. The van der Waals surface area contributed by atoms with Crippen molar-refractivity contribution in [2.24, 2.45) is 0 Å². The maximum Gasteiger partial charge on any atom is 0.416 e. The van der Waals surface area contributed by atoms with Gasteiger partial charge >= 0.3 is 12.1 Å². The standard InChI is InChI=1S/C12H12F3NO2/c13-12(14,15)9-3-1-7(2-4-9)8-5-10(11(17)18)16-6-8/h1-4,8,10,16H,5-6H2,(H,17,18). The van der Waals surface area contributed by atoms with Crippen molar-refractivity contribution in [1.82, 2.24) is 5.32 Å². The number of alkyl halides is 3. The number of hydrogen-bond donors (Lipinski definition) is 2. The van der Waals surface area contributed by atoms with E-state index in [4.69, 9.17) is 5.11 Å². The third-order valence-electron chi connectivity index (χ3n) is 3.14. The van der Waals surface area contributed by atoms with E-state index in [9.17, 15) is 18.0 Å². The summed E-state index contributed by atoms with van der Waals surface area (Å²) < 4.78 is 37.1. The van der Waals surface area contributed by atoms with Gasteiger partial charge in [0.1, 0.15) is 6.04 Å². The van der Waals surface area contributed by atoms with Crippen LogP contribution in [-0.4, -0.2) is 23.7 Å². The van der Waals surface area contributed by atoms with Gasteiger partial charge in [0.15, 0.2) is 0 Å². The highest BCUT2D eigenvalue weighted by Crippen LogP contribution is 2.32. The van der Waals surface area contributed by atoms with E-state index in [1.165, 1.54) is 12.1 Å². The van der Waals surface area contributed by atoms with Gasteiger partial charge in [-0.2, -0.15) is 13.2 Å². The second-order valence-electron chi connectivity index (χ2n) is 4.35. The van der Waals surface area contributed by atoms with Crippen molar-refractivity contribution in [1.29, 1.82) is 0 Å². The van der Waals surface area contributed by atoms with E-state index >= 15 is 0 Å². The van der Waals surface area contributed by atoms with Gasteiger partial charge in [-0.1, -0.05) is 12.1 Å². The Kier molecular flexibility index (Phi) is 3.30. The quantitative estimate of drug-likeness (QED) is 0.856. The highest BCUT2D eigenvalue weighted by atomic mass is 19.4. The predicted molar refractivity (Wildman–Crippen MR) is 58.2 cm³/mol. The summed E-state index contributed by atoms with van der Waals surface area (Å²) in [6.07, 6.45) is -3.93. The SMILES string of the molecule is O=C(O)C1CC(c2ccc(C(F)(F)F)cc2)CN1. The van der Waals surface area contributed by atoms with Crippen LogP contribution in [-0.2, 0) is 11.0 Å². The lowest BCUT2D eigenvalue weighted by Gasteiger charge is -2.11. The highest BCUT2D eigenvalue weighted by molar-refractivity contribution is 5.74. The number of carboxylic acid groups (broad SMARTS) is 1. The molecule has 1 fully saturated rings. The maximum absolute atomic E-state index is 12.4. The molecule has 2 unspecified atom stereocenters. The molecule has 18 heavy (non-hydrogen) atoms. The fourth-order valence-electron chi connectivity index (χ4n) is 2.12. The Morgan fingerprint density at radius 1 is 1.28 bits per heavy atom. The molecule has 2 N–H and O–H groups in total. The van der Waals surface area contributed by atoms with Crippen LogP contribution < -0.4 is 5.32 Å². The Balaban J connectivity index is 2.10. The molecule has 1 aliphatic rings. The zero-order chi connectivity index (χ0) is 13.3. The van der Waals surface area contributed by atoms with E-state index in [0.29, 0.717) is 13.0 Å². The lowest BCUT2D eigenvalue weighted by molar-refractivity contribution is -0.139. The highest BCUT2D eigenvalue weighted by Gasteiger charge is 2.32. The van der Waals surface area contributed by atoms with Crippen LogP contribution in [0.2, 0.25) is 0 Å². The number of aliphatic carboxylic acids is 1. The van der Waals surface area contributed by atoms with Crippen LogP contribution in [0, 0.1) is 0 Å². The normalized spacial score (nSPS) is 24.2. The third-order valence-corrected chi connectivity index (χ3v) is 3.14. The molecule has 3 nitrogen and oxygen atoms in total. The molecule has 0 bridgehead atoms. The number of rotatable bonds is 2. The van der Waals surface area contributed by atoms with Gasteiger partial charge in [-0.05, 0) is 30.0 Å². The Labute approximate surface area is 102 Å². The van der Waals surface area contributed by atoms with Crippen LogP contribution in [0.3, 0.4) is 0 Å². The molecule has 1 aromatic carbocycles. The van der Waals surface area contributed by atoms with E-state index < -0.39 is 23.8 Å². The molecule has 0 spiro atoms. The molecule has 1 heterocycles. The van der Waals surface area contributed by atoms with Crippen LogP contribution in [0.5, 0.6) is 0 Å². The first-order valence-electron chi connectivity index (χ1n) is 5.51. The minimum Gasteiger partial charge on any atom is -0.480 e. The number of halogens is 3. The van der Waals surface area contributed by atoms with Gasteiger partial charge in [-0.15, -0.1) is 0 Å². The molecule has 0 amide bonds. The largest absolute Gasteiger partial charge is 0.480 e. The van der Waals surface area contributed by atoms with E-state index in [2.05, 4.69) is 5.32 Å². The second-order valence-corrected chi connectivity index (χ2v) is 4.35. The Hall–Kier alpha value is -1.56. The van der Waals surface area contributed by atoms with Crippen LogP contribution in [0.15, 0.2) is 24.3 Å². The molecule has 2 rings (SSSR count). The van der Waals surface area contributed by atoms with Crippen molar-refractivity contribution in [3.05, 3.63) is 35.4 Å². The summed E-state index contributed by atoms with van der Waals surface area (Å²) in [4.78, 5) is 10.8. The van der Waals surface area contributed by atoms with Crippen molar-refractivity contribution < 1.29 is 23.1 Å². The molecular formula is C12H12F3NO2. The van der Waals surface area contributed by atoms with E-state index in [1.54, 1.807) is 0 Å². The summed E-state index contributed by atoms with van der Waals surface area (Å²) in [5, 5.41) is 11.6. The van der Waals surface area contributed by atoms with Gasteiger partial charge in [-0.25, -0.2) is 0 Å². The number of nitrogens with one attached hydrogen (secondary N) is 1. The first-order chi connectivity index (χ1) is 8.38. The van der Waals surface area contributed by atoms with Crippen LogP contribution in [0.25, 0.3) is 0 Å². The number of carboxylic acids is 1. The van der Waals surface area contributed by atoms with E-state index in [1.807, 2.05) is 0 Å². The number of benzene rings is 1. The van der Waals surface area contributed by atoms with Crippen molar-refractivity contribution in [2.45, 2.75) is 24.6 Å². The molecule has 0 saturated carbocycles. The van der Waals surface area contributed by atoms with Crippen LogP contribution >= 0.6 is 0 Å². The summed E-state index contributed by atoms with van der Waals surface area (Å²) >= 11 is 0. The molecule has 0 aromatic heterocycles. The van der Waals surface area contributed by atoms with Crippen LogP contribution in [0.4, 0.5) is 13.2 Å². The second kappa shape index (κ2) is 4.61. The maximum atomic E-state index is 12.4. The van der Waals surface area contributed by atoms with Gasteiger partial charge in [0.25, 0.3) is 0 Å². The molecule has 2 atom stereocenters. The fourth-order valence-corrected chi connectivity index (χ4v) is 2.12. The van der Waals surface area contributed by atoms with Crippen molar-refractivity contribution in [2.75, 3.05) is 6.54 Å². The third kappa shape index (κ3) is 2.64. The summed E-state index contributed by atoms with van der Waals surface area (Å²) in [5.74, 6) is -0.974. The van der Waals surface area contributed by atoms with Crippen molar-refractivity contribution >= 4 is 5.97 Å².